The Balaban J connectivity index is 1.63. The van der Waals surface area contributed by atoms with Crippen molar-refractivity contribution in [3.8, 4) is 0 Å². The van der Waals surface area contributed by atoms with Gasteiger partial charge < -0.3 is 9.32 Å². The molecule has 1 aromatic heterocycles. The van der Waals surface area contributed by atoms with E-state index in [1.54, 1.807) is 0 Å². The molecule has 3 amide bonds. The Labute approximate surface area is 147 Å². The molecule has 134 valence electrons. The molecule has 2 aromatic rings. The molecule has 1 aromatic carbocycles. The van der Waals surface area contributed by atoms with Crippen LogP contribution in [-0.4, -0.2) is 52.1 Å². The topological polar surface area (TPSA) is 114 Å². The highest BCUT2D eigenvalue weighted by atomic mass is 16.6. The number of hydrogen-bond donors (Lipinski definition) is 0. The van der Waals surface area contributed by atoms with E-state index in [1.807, 2.05) is 30.3 Å². The minimum Gasteiger partial charge on any atom is -0.395 e. The lowest BCUT2D eigenvalue weighted by molar-refractivity contribution is -0.402. The average molecular weight is 357 g/mol. The van der Waals surface area contributed by atoms with E-state index < -0.39 is 28.5 Å². The number of benzene rings is 1. The van der Waals surface area contributed by atoms with Crippen LogP contribution in [0, 0.1) is 10.1 Å². The number of nitro groups is 1. The first-order chi connectivity index (χ1) is 12.5. The largest absolute Gasteiger partial charge is 0.433 e. The van der Waals surface area contributed by atoms with Gasteiger partial charge in [-0.2, -0.15) is 0 Å². The van der Waals surface area contributed by atoms with Crippen molar-refractivity contribution in [2.24, 2.45) is 0 Å². The van der Waals surface area contributed by atoms with Crippen LogP contribution in [-0.2, 0) is 16.0 Å². The maximum absolute atomic E-state index is 12.3. The summed E-state index contributed by atoms with van der Waals surface area (Å²) in [4.78, 5) is 48.8. The van der Waals surface area contributed by atoms with Gasteiger partial charge in [0.2, 0.25) is 11.8 Å². The normalized spacial score (nSPS) is 14.6. The van der Waals surface area contributed by atoms with Gasteiger partial charge in [0.25, 0.3) is 5.91 Å². The summed E-state index contributed by atoms with van der Waals surface area (Å²) in [5.41, 5.74) is 0.995. The van der Waals surface area contributed by atoms with Crippen LogP contribution in [0.1, 0.15) is 16.1 Å². The molecule has 1 aliphatic rings. The molecule has 0 atom stereocenters. The summed E-state index contributed by atoms with van der Waals surface area (Å²) in [5, 5.41) is 10.6. The summed E-state index contributed by atoms with van der Waals surface area (Å²) < 4.78 is 4.84. The molecule has 0 unspecified atom stereocenters. The second-order valence-electron chi connectivity index (χ2n) is 5.73. The van der Waals surface area contributed by atoms with E-state index in [-0.39, 0.29) is 25.4 Å². The molecule has 0 N–H and O–H groups in total. The predicted octanol–water partition coefficient (Wildman–Crippen LogP) is 1.24. The Hall–Kier alpha value is -3.49. The number of carbonyl (C=O) groups is 3. The van der Waals surface area contributed by atoms with Gasteiger partial charge in [-0.3, -0.25) is 29.4 Å². The number of amides is 3. The molecule has 0 aliphatic carbocycles. The number of furan rings is 1. The molecule has 9 heteroatoms. The van der Waals surface area contributed by atoms with E-state index in [2.05, 4.69) is 0 Å². The molecule has 2 heterocycles. The van der Waals surface area contributed by atoms with Crippen LogP contribution >= 0.6 is 0 Å². The van der Waals surface area contributed by atoms with Gasteiger partial charge in [-0.15, -0.1) is 0 Å². The monoisotopic (exact) mass is 357 g/mol. The fourth-order valence-corrected chi connectivity index (χ4v) is 2.67. The first kappa shape index (κ1) is 17.3. The molecule has 0 saturated carbocycles. The summed E-state index contributed by atoms with van der Waals surface area (Å²) in [6.45, 7) is -0.336. The minimum absolute atomic E-state index is 0.232. The molecular weight excluding hydrogens is 342 g/mol. The van der Waals surface area contributed by atoms with Crippen LogP contribution in [0.25, 0.3) is 0 Å². The van der Waals surface area contributed by atoms with Gasteiger partial charge in [0.1, 0.15) is 18.0 Å². The average Bonchev–Trinajstić information content (AvgIpc) is 3.11. The maximum atomic E-state index is 12.3. The van der Waals surface area contributed by atoms with Crippen molar-refractivity contribution < 1.29 is 23.7 Å². The Kier molecular flexibility index (Phi) is 4.78. The van der Waals surface area contributed by atoms with Crippen molar-refractivity contribution in [2.75, 3.05) is 19.6 Å². The van der Waals surface area contributed by atoms with Gasteiger partial charge in [-0.25, -0.2) is 0 Å². The fraction of sp³-hybridized carbons (Fsp3) is 0.235. The van der Waals surface area contributed by atoms with E-state index in [0.29, 0.717) is 6.42 Å². The molecule has 0 spiro atoms. The zero-order valence-corrected chi connectivity index (χ0v) is 13.7. The third-order valence-corrected chi connectivity index (χ3v) is 3.99. The van der Waals surface area contributed by atoms with Crippen LogP contribution in [0.2, 0.25) is 0 Å². The van der Waals surface area contributed by atoms with Gasteiger partial charge in [0.05, 0.1) is 6.07 Å². The van der Waals surface area contributed by atoms with E-state index in [4.69, 9.17) is 4.42 Å². The van der Waals surface area contributed by atoms with Gasteiger partial charge in [0, 0.05) is 6.54 Å². The fourth-order valence-electron chi connectivity index (χ4n) is 2.67. The summed E-state index contributed by atoms with van der Waals surface area (Å²) in [5.74, 6) is -2.58. The lowest BCUT2D eigenvalue weighted by atomic mass is 10.1. The molecule has 1 saturated heterocycles. The van der Waals surface area contributed by atoms with Crippen LogP contribution in [0.4, 0.5) is 5.88 Å². The molecule has 3 rings (SSSR count). The second kappa shape index (κ2) is 7.18. The Morgan fingerprint density at radius 3 is 2.31 bits per heavy atom. The number of hydrogen-bond acceptors (Lipinski definition) is 6. The van der Waals surface area contributed by atoms with Crippen molar-refractivity contribution in [1.82, 2.24) is 9.80 Å². The summed E-state index contributed by atoms with van der Waals surface area (Å²) >= 11 is 0. The van der Waals surface area contributed by atoms with Crippen LogP contribution in [0.15, 0.2) is 46.9 Å². The van der Waals surface area contributed by atoms with Gasteiger partial charge in [-0.05, 0) is 18.1 Å². The molecular formula is C17H15N3O6. The maximum Gasteiger partial charge on any atom is 0.433 e. The van der Waals surface area contributed by atoms with Crippen molar-refractivity contribution >= 4 is 23.6 Å². The van der Waals surface area contributed by atoms with Crippen LogP contribution in [0.5, 0.6) is 0 Å². The van der Waals surface area contributed by atoms with Gasteiger partial charge >= 0.3 is 5.88 Å². The van der Waals surface area contributed by atoms with Crippen molar-refractivity contribution in [3.05, 3.63) is 63.9 Å². The second-order valence-corrected chi connectivity index (χ2v) is 5.73. The molecule has 1 fully saturated rings. The number of piperazine rings is 1. The van der Waals surface area contributed by atoms with E-state index in [1.165, 1.54) is 0 Å². The van der Waals surface area contributed by atoms with E-state index in [0.717, 1.165) is 27.5 Å². The standard InChI is InChI=1S/C17H15N3O6/c21-14-10-18(17(23)13-6-7-16(26-13)20(24)25)11-15(22)19(14)9-8-12-4-2-1-3-5-12/h1-7H,8-11H2. The highest BCUT2D eigenvalue weighted by Crippen LogP contribution is 2.18. The number of nitrogens with zero attached hydrogens (tertiary/aromatic N) is 3. The highest BCUT2D eigenvalue weighted by molar-refractivity contribution is 6.05. The van der Waals surface area contributed by atoms with Gasteiger partial charge in [-0.1, -0.05) is 30.3 Å². The number of carbonyl (C=O) groups excluding carboxylic acids is 3. The molecule has 0 bridgehead atoms. The lowest BCUT2D eigenvalue weighted by Gasteiger charge is -2.32. The molecule has 1 aliphatic heterocycles. The molecule has 9 nitrogen and oxygen atoms in total. The van der Waals surface area contributed by atoms with Crippen LogP contribution in [0.3, 0.4) is 0 Å². The van der Waals surface area contributed by atoms with E-state index in [9.17, 15) is 24.5 Å². The Morgan fingerprint density at radius 2 is 1.73 bits per heavy atom. The van der Waals surface area contributed by atoms with Crippen molar-refractivity contribution in [3.63, 3.8) is 0 Å². The Bertz CT molecular complexity index is 842. The predicted molar refractivity (Wildman–Crippen MR) is 88.1 cm³/mol. The third kappa shape index (κ3) is 3.61. The summed E-state index contributed by atoms with van der Waals surface area (Å²) in [7, 11) is 0. The third-order valence-electron chi connectivity index (χ3n) is 3.99. The van der Waals surface area contributed by atoms with E-state index >= 15 is 0 Å². The minimum atomic E-state index is -0.769. The number of imide groups is 1. The quantitative estimate of drug-likeness (QED) is 0.452. The zero-order chi connectivity index (χ0) is 18.7. The SMILES string of the molecule is O=C(c1ccc([N+](=O)[O-])o1)N1CC(=O)N(CCc2ccccc2)C(=O)C1. The zero-order valence-electron chi connectivity index (χ0n) is 13.7. The molecule has 0 radical (unpaired) electrons. The Morgan fingerprint density at radius 1 is 1.08 bits per heavy atom. The summed E-state index contributed by atoms with van der Waals surface area (Å²) in [6.07, 6.45) is 0.524. The smallest absolute Gasteiger partial charge is 0.395 e. The van der Waals surface area contributed by atoms with Crippen molar-refractivity contribution in [1.29, 1.82) is 0 Å². The lowest BCUT2D eigenvalue weighted by Crippen LogP contribution is -2.55. The first-order valence-corrected chi connectivity index (χ1v) is 7.86. The van der Waals surface area contributed by atoms with Gasteiger partial charge in [0.15, 0.2) is 5.76 Å². The van der Waals surface area contributed by atoms with Crippen LogP contribution < -0.4 is 0 Å². The number of rotatable bonds is 5. The first-order valence-electron chi connectivity index (χ1n) is 7.86. The highest BCUT2D eigenvalue weighted by Gasteiger charge is 2.35. The summed E-state index contributed by atoms with van der Waals surface area (Å²) in [6, 6.07) is 11.6. The molecule has 26 heavy (non-hydrogen) atoms. The van der Waals surface area contributed by atoms with Crippen molar-refractivity contribution in [2.45, 2.75) is 6.42 Å².